The zero-order valence-electron chi connectivity index (χ0n) is 9.28. The van der Waals surface area contributed by atoms with Crippen molar-refractivity contribution in [2.45, 2.75) is 6.92 Å². The van der Waals surface area contributed by atoms with Crippen molar-refractivity contribution in [2.24, 2.45) is 0 Å². The van der Waals surface area contributed by atoms with E-state index in [2.05, 4.69) is 0 Å². The van der Waals surface area contributed by atoms with Gasteiger partial charge in [-0.15, -0.1) is 0 Å². The van der Waals surface area contributed by atoms with Crippen LogP contribution in [0.1, 0.15) is 17.3 Å². The Bertz CT molecular complexity index is 364. The van der Waals surface area contributed by atoms with Crippen LogP contribution in [-0.2, 0) is 0 Å². The molecule has 0 fully saturated rings. The molecule has 4 nitrogen and oxygen atoms in total. The van der Waals surface area contributed by atoms with Gasteiger partial charge in [-0.3, -0.25) is 4.79 Å². The highest BCUT2D eigenvalue weighted by molar-refractivity contribution is 5.95. The van der Waals surface area contributed by atoms with Gasteiger partial charge in [-0.2, -0.15) is 0 Å². The fourth-order valence-corrected chi connectivity index (χ4v) is 1.21. The molecule has 0 aliphatic rings. The first-order valence-corrected chi connectivity index (χ1v) is 4.79. The predicted octanol–water partition coefficient (Wildman–Crippen LogP) is 1.37. The van der Waals surface area contributed by atoms with E-state index in [1.807, 2.05) is 6.92 Å². The zero-order chi connectivity index (χ0) is 11.4. The van der Waals surface area contributed by atoms with Crippen LogP contribution in [0, 0.1) is 0 Å². The van der Waals surface area contributed by atoms with E-state index < -0.39 is 0 Å². The number of nitrogen functional groups attached to an aromatic ring is 1. The van der Waals surface area contributed by atoms with Gasteiger partial charge in [-0.1, -0.05) is 0 Å². The molecule has 0 saturated heterocycles. The van der Waals surface area contributed by atoms with Crippen molar-refractivity contribution in [1.82, 2.24) is 4.90 Å². The first kappa shape index (κ1) is 11.4. The predicted molar refractivity (Wildman–Crippen MR) is 60.0 cm³/mol. The molecule has 0 bridgehead atoms. The second-order valence-electron chi connectivity index (χ2n) is 3.28. The van der Waals surface area contributed by atoms with E-state index in [0.29, 0.717) is 23.5 Å². The molecular formula is C11H16N2O2. The van der Waals surface area contributed by atoms with Gasteiger partial charge in [0.1, 0.15) is 5.75 Å². The van der Waals surface area contributed by atoms with E-state index in [1.165, 1.54) is 7.11 Å². The lowest BCUT2D eigenvalue weighted by molar-refractivity contribution is 0.0802. The summed E-state index contributed by atoms with van der Waals surface area (Å²) in [7, 11) is 3.29. The molecular weight excluding hydrogens is 192 g/mol. The van der Waals surface area contributed by atoms with E-state index in [9.17, 15) is 4.79 Å². The molecule has 0 saturated carbocycles. The minimum Gasteiger partial charge on any atom is -0.495 e. The van der Waals surface area contributed by atoms with Crippen molar-refractivity contribution >= 4 is 11.6 Å². The van der Waals surface area contributed by atoms with Gasteiger partial charge in [0.25, 0.3) is 5.91 Å². The highest BCUT2D eigenvalue weighted by Gasteiger charge is 2.11. The highest BCUT2D eigenvalue weighted by atomic mass is 16.5. The van der Waals surface area contributed by atoms with Gasteiger partial charge in [0.05, 0.1) is 12.8 Å². The van der Waals surface area contributed by atoms with Crippen molar-refractivity contribution in [3.63, 3.8) is 0 Å². The van der Waals surface area contributed by atoms with E-state index in [-0.39, 0.29) is 5.91 Å². The van der Waals surface area contributed by atoms with Crippen LogP contribution >= 0.6 is 0 Å². The van der Waals surface area contributed by atoms with E-state index >= 15 is 0 Å². The Hall–Kier alpha value is -1.71. The second-order valence-corrected chi connectivity index (χ2v) is 3.28. The average Bonchev–Trinajstić information content (AvgIpc) is 2.27. The molecule has 0 aliphatic heterocycles. The number of benzene rings is 1. The number of hydrogen-bond acceptors (Lipinski definition) is 3. The maximum atomic E-state index is 11.8. The Morgan fingerprint density at radius 3 is 2.73 bits per heavy atom. The SMILES string of the molecule is CCN(C)C(=O)c1ccc(N)c(OC)c1. The minimum absolute atomic E-state index is 0.0317. The standard InChI is InChI=1S/C11H16N2O2/c1-4-13(2)11(14)8-5-6-9(12)10(7-8)15-3/h5-7H,4,12H2,1-3H3. The molecule has 82 valence electrons. The van der Waals surface area contributed by atoms with Crippen molar-refractivity contribution < 1.29 is 9.53 Å². The molecule has 1 aromatic rings. The average molecular weight is 208 g/mol. The summed E-state index contributed by atoms with van der Waals surface area (Å²) in [5.41, 5.74) is 6.78. The van der Waals surface area contributed by atoms with Crippen molar-refractivity contribution in [2.75, 3.05) is 26.4 Å². The third-order valence-corrected chi connectivity index (χ3v) is 2.30. The number of amides is 1. The maximum Gasteiger partial charge on any atom is 0.253 e. The number of methoxy groups -OCH3 is 1. The Labute approximate surface area is 89.6 Å². The molecule has 2 N–H and O–H groups in total. The highest BCUT2D eigenvalue weighted by Crippen LogP contribution is 2.22. The first-order valence-electron chi connectivity index (χ1n) is 4.79. The van der Waals surface area contributed by atoms with Crippen molar-refractivity contribution in [1.29, 1.82) is 0 Å². The molecule has 0 aliphatic carbocycles. The Morgan fingerprint density at radius 1 is 1.53 bits per heavy atom. The number of anilines is 1. The lowest BCUT2D eigenvalue weighted by Crippen LogP contribution is -2.26. The van der Waals surface area contributed by atoms with E-state index in [1.54, 1.807) is 30.1 Å². The quantitative estimate of drug-likeness (QED) is 0.763. The molecule has 0 atom stereocenters. The van der Waals surface area contributed by atoms with Crippen LogP contribution in [0.3, 0.4) is 0 Å². The second kappa shape index (κ2) is 4.68. The van der Waals surface area contributed by atoms with Crippen LogP contribution in [-0.4, -0.2) is 31.5 Å². The van der Waals surface area contributed by atoms with Crippen LogP contribution in [0.15, 0.2) is 18.2 Å². The third-order valence-electron chi connectivity index (χ3n) is 2.30. The molecule has 0 radical (unpaired) electrons. The number of ether oxygens (including phenoxy) is 1. The van der Waals surface area contributed by atoms with Gasteiger partial charge in [0.2, 0.25) is 0 Å². The summed E-state index contributed by atoms with van der Waals surface area (Å²) in [6.07, 6.45) is 0. The topological polar surface area (TPSA) is 55.6 Å². The summed E-state index contributed by atoms with van der Waals surface area (Å²) in [6.45, 7) is 2.60. The molecule has 0 heterocycles. The number of hydrogen-bond donors (Lipinski definition) is 1. The molecule has 1 rings (SSSR count). The Kier molecular flexibility index (Phi) is 3.55. The normalized spacial score (nSPS) is 9.80. The van der Waals surface area contributed by atoms with E-state index in [0.717, 1.165) is 0 Å². The number of nitrogens with two attached hydrogens (primary N) is 1. The van der Waals surface area contributed by atoms with Crippen molar-refractivity contribution in [3.8, 4) is 5.75 Å². The van der Waals surface area contributed by atoms with Gasteiger partial charge < -0.3 is 15.4 Å². The largest absolute Gasteiger partial charge is 0.495 e. The van der Waals surface area contributed by atoms with Crippen LogP contribution in [0.2, 0.25) is 0 Å². The van der Waals surface area contributed by atoms with Gasteiger partial charge in [-0.25, -0.2) is 0 Å². The molecule has 0 spiro atoms. The summed E-state index contributed by atoms with van der Waals surface area (Å²) >= 11 is 0. The fourth-order valence-electron chi connectivity index (χ4n) is 1.21. The monoisotopic (exact) mass is 208 g/mol. The smallest absolute Gasteiger partial charge is 0.253 e. The van der Waals surface area contributed by atoms with Crippen LogP contribution in [0.5, 0.6) is 5.75 Å². The van der Waals surface area contributed by atoms with Gasteiger partial charge in [0.15, 0.2) is 0 Å². The summed E-state index contributed by atoms with van der Waals surface area (Å²) in [5.74, 6) is 0.501. The third kappa shape index (κ3) is 2.40. The molecule has 1 amide bonds. The summed E-state index contributed by atoms with van der Waals surface area (Å²) < 4.78 is 5.05. The molecule has 4 heteroatoms. The van der Waals surface area contributed by atoms with Crippen LogP contribution < -0.4 is 10.5 Å². The first-order chi connectivity index (χ1) is 7.10. The van der Waals surface area contributed by atoms with Gasteiger partial charge >= 0.3 is 0 Å². The number of rotatable bonds is 3. The zero-order valence-corrected chi connectivity index (χ0v) is 9.28. The Balaban J connectivity index is 3.01. The lowest BCUT2D eigenvalue weighted by Gasteiger charge is -2.15. The van der Waals surface area contributed by atoms with Crippen LogP contribution in [0.25, 0.3) is 0 Å². The lowest BCUT2D eigenvalue weighted by atomic mass is 10.1. The number of carbonyl (C=O) groups excluding carboxylic acids is 1. The molecule has 0 unspecified atom stereocenters. The van der Waals surface area contributed by atoms with Crippen LogP contribution in [0.4, 0.5) is 5.69 Å². The number of nitrogens with zero attached hydrogens (tertiary/aromatic N) is 1. The van der Waals surface area contributed by atoms with Crippen molar-refractivity contribution in [3.05, 3.63) is 23.8 Å². The summed E-state index contributed by atoms with van der Waals surface area (Å²) in [4.78, 5) is 13.4. The number of carbonyl (C=O) groups is 1. The van der Waals surface area contributed by atoms with Gasteiger partial charge in [0, 0.05) is 19.2 Å². The maximum absolute atomic E-state index is 11.8. The van der Waals surface area contributed by atoms with Gasteiger partial charge in [-0.05, 0) is 25.1 Å². The van der Waals surface area contributed by atoms with E-state index in [4.69, 9.17) is 10.5 Å². The molecule has 0 aromatic heterocycles. The summed E-state index contributed by atoms with van der Waals surface area (Å²) in [6, 6.07) is 5.03. The molecule has 15 heavy (non-hydrogen) atoms. The molecule has 1 aromatic carbocycles. The Morgan fingerprint density at radius 2 is 2.20 bits per heavy atom. The minimum atomic E-state index is -0.0317. The fraction of sp³-hybridized carbons (Fsp3) is 0.364. The summed E-state index contributed by atoms with van der Waals surface area (Å²) in [5, 5.41) is 0.